The summed E-state index contributed by atoms with van der Waals surface area (Å²) in [5.41, 5.74) is 1.61. The molecule has 1 saturated carbocycles. The molecule has 4 heteroatoms. The van der Waals surface area contributed by atoms with E-state index in [4.69, 9.17) is 16.3 Å². The lowest BCUT2D eigenvalue weighted by Crippen LogP contribution is -2.25. The first-order valence-corrected chi connectivity index (χ1v) is 7.08. The molecule has 0 saturated heterocycles. The molecular formula is C16H17ClO3. The third-order valence-corrected chi connectivity index (χ3v) is 3.77. The van der Waals surface area contributed by atoms with Crippen LogP contribution in [0.1, 0.15) is 31.2 Å². The third-order valence-electron chi connectivity index (χ3n) is 3.52. The molecule has 1 aliphatic rings. The van der Waals surface area contributed by atoms with Crippen LogP contribution in [-0.4, -0.2) is 18.9 Å². The first kappa shape index (κ1) is 14.8. The zero-order chi connectivity index (χ0) is 14.5. The van der Waals surface area contributed by atoms with Crippen molar-refractivity contribution < 1.29 is 14.3 Å². The zero-order valence-electron chi connectivity index (χ0n) is 11.4. The average Bonchev–Trinajstić information content (AvgIpc) is 2.63. The normalized spacial score (nSPS) is 21.6. The molecule has 20 heavy (non-hydrogen) atoms. The van der Waals surface area contributed by atoms with Crippen molar-refractivity contribution in [2.75, 3.05) is 7.11 Å². The van der Waals surface area contributed by atoms with E-state index in [1.807, 2.05) is 18.2 Å². The van der Waals surface area contributed by atoms with Crippen molar-refractivity contribution in [3.63, 3.8) is 0 Å². The standard InChI is InChI=1S/C16H17ClO3/c1-20-16(19)14-5-3-2-4-12(15(14)18)10-11-6-8-13(17)9-7-11/h6-10,14H,2-5H2,1H3/b12-10+/t14-/m1/s1. The molecule has 0 aliphatic heterocycles. The lowest BCUT2D eigenvalue weighted by molar-refractivity contribution is -0.148. The molecule has 0 radical (unpaired) electrons. The quantitative estimate of drug-likeness (QED) is 0.362. The molecular weight excluding hydrogens is 276 g/mol. The van der Waals surface area contributed by atoms with Crippen LogP contribution in [0.25, 0.3) is 6.08 Å². The fourth-order valence-corrected chi connectivity index (χ4v) is 2.54. The monoisotopic (exact) mass is 292 g/mol. The van der Waals surface area contributed by atoms with Crippen LogP contribution in [0.3, 0.4) is 0 Å². The number of benzene rings is 1. The highest BCUT2D eigenvalue weighted by atomic mass is 35.5. The topological polar surface area (TPSA) is 43.4 Å². The van der Waals surface area contributed by atoms with Crippen molar-refractivity contribution in [2.45, 2.75) is 25.7 Å². The van der Waals surface area contributed by atoms with E-state index in [1.165, 1.54) is 7.11 Å². The summed E-state index contributed by atoms with van der Waals surface area (Å²) in [5.74, 6) is -1.19. The van der Waals surface area contributed by atoms with Gasteiger partial charge in [0.1, 0.15) is 5.92 Å². The predicted octanol–water partition coefficient (Wildman–Crippen LogP) is 3.66. The van der Waals surface area contributed by atoms with Crippen molar-refractivity contribution in [1.29, 1.82) is 0 Å². The number of hydrogen-bond donors (Lipinski definition) is 0. The fourth-order valence-electron chi connectivity index (χ4n) is 2.41. The Bertz CT molecular complexity index is 531. The average molecular weight is 293 g/mol. The molecule has 1 atom stereocenters. The molecule has 0 spiro atoms. The molecule has 1 aromatic rings. The lowest BCUT2D eigenvalue weighted by atomic mass is 9.95. The molecule has 3 nitrogen and oxygen atoms in total. The minimum absolute atomic E-state index is 0.107. The van der Waals surface area contributed by atoms with Crippen LogP contribution in [0.15, 0.2) is 29.8 Å². The fraction of sp³-hybridized carbons (Fsp3) is 0.375. The van der Waals surface area contributed by atoms with Gasteiger partial charge < -0.3 is 4.74 Å². The van der Waals surface area contributed by atoms with E-state index in [9.17, 15) is 9.59 Å². The highest BCUT2D eigenvalue weighted by molar-refractivity contribution is 6.30. The van der Waals surface area contributed by atoms with Gasteiger partial charge in [-0.2, -0.15) is 0 Å². The Morgan fingerprint density at radius 3 is 2.65 bits per heavy atom. The van der Waals surface area contributed by atoms with Gasteiger partial charge in [0.25, 0.3) is 0 Å². The maximum absolute atomic E-state index is 12.4. The van der Waals surface area contributed by atoms with E-state index in [0.717, 1.165) is 18.4 Å². The Labute approximate surface area is 123 Å². The molecule has 0 bridgehead atoms. The summed E-state index contributed by atoms with van der Waals surface area (Å²) in [7, 11) is 1.32. The van der Waals surface area contributed by atoms with Gasteiger partial charge in [0.15, 0.2) is 5.78 Å². The predicted molar refractivity (Wildman–Crippen MR) is 78.4 cm³/mol. The Balaban J connectivity index is 2.26. The Kier molecular flexibility index (Phi) is 4.96. The van der Waals surface area contributed by atoms with Crippen LogP contribution in [-0.2, 0) is 14.3 Å². The van der Waals surface area contributed by atoms with Crippen LogP contribution in [0.2, 0.25) is 5.02 Å². The summed E-state index contributed by atoms with van der Waals surface area (Å²) >= 11 is 5.84. The van der Waals surface area contributed by atoms with Gasteiger partial charge in [0.05, 0.1) is 7.11 Å². The van der Waals surface area contributed by atoms with Crippen LogP contribution >= 0.6 is 11.6 Å². The summed E-state index contributed by atoms with van der Waals surface area (Å²) in [6, 6.07) is 7.29. The molecule has 0 aromatic heterocycles. The van der Waals surface area contributed by atoms with E-state index < -0.39 is 11.9 Å². The minimum atomic E-state index is -0.652. The van der Waals surface area contributed by atoms with E-state index in [2.05, 4.69) is 0 Å². The molecule has 0 N–H and O–H groups in total. The SMILES string of the molecule is COC(=O)[C@@H]1CCCC/C(=C\c2ccc(Cl)cc2)C1=O. The number of hydrogen-bond acceptors (Lipinski definition) is 3. The van der Waals surface area contributed by atoms with E-state index in [-0.39, 0.29) is 5.78 Å². The maximum Gasteiger partial charge on any atom is 0.316 e. The van der Waals surface area contributed by atoms with Gasteiger partial charge in [-0.05, 0) is 48.6 Å². The first-order chi connectivity index (χ1) is 9.61. The number of allylic oxidation sites excluding steroid dienone is 1. The largest absolute Gasteiger partial charge is 0.468 e. The van der Waals surface area contributed by atoms with Gasteiger partial charge in [-0.1, -0.05) is 30.2 Å². The summed E-state index contributed by atoms with van der Waals surface area (Å²) in [6.45, 7) is 0. The summed E-state index contributed by atoms with van der Waals surface area (Å²) in [5, 5.41) is 0.659. The second kappa shape index (κ2) is 6.71. The van der Waals surface area contributed by atoms with Gasteiger partial charge >= 0.3 is 5.97 Å². The van der Waals surface area contributed by atoms with Crippen molar-refractivity contribution >= 4 is 29.4 Å². The second-order valence-corrected chi connectivity index (χ2v) is 5.34. The maximum atomic E-state index is 12.4. The minimum Gasteiger partial charge on any atom is -0.468 e. The third kappa shape index (κ3) is 3.48. The van der Waals surface area contributed by atoms with Crippen molar-refractivity contribution in [1.82, 2.24) is 0 Å². The van der Waals surface area contributed by atoms with Crippen LogP contribution in [0.4, 0.5) is 0 Å². The number of rotatable bonds is 2. The Morgan fingerprint density at radius 2 is 2.00 bits per heavy atom. The van der Waals surface area contributed by atoms with Gasteiger partial charge in [-0.3, -0.25) is 9.59 Å². The van der Waals surface area contributed by atoms with E-state index in [0.29, 0.717) is 23.4 Å². The summed E-state index contributed by atoms with van der Waals surface area (Å²) in [6.07, 6.45) is 4.90. The van der Waals surface area contributed by atoms with E-state index in [1.54, 1.807) is 12.1 Å². The molecule has 0 amide bonds. The zero-order valence-corrected chi connectivity index (χ0v) is 12.2. The number of ketones is 1. The Morgan fingerprint density at radius 1 is 1.30 bits per heavy atom. The number of ether oxygens (including phenoxy) is 1. The number of carbonyl (C=O) groups is 2. The van der Waals surface area contributed by atoms with Gasteiger partial charge in [-0.15, -0.1) is 0 Å². The number of esters is 1. The Hall–Kier alpha value is -1.61. The highest BCUT2D eigenvalue weighted by Crippen LogP contribution is 2.27. The smallest absolute Gasteiger partial charge is 0.316 e. The molecule has 1 aliphatic carbocycles. The molecule has 2 rings (SSSR count). The van der Waals surface area contributed by atoms with Crippen LogP contribution in [0.5, 0.6) is 0 Å². The number of carbonyl (C=O) groups excluding carboxylic acids is 2. The number of Topliss-reactive ketones (excluding diaryl/α,β-unsaturated/α-hetero) is 1. The van der Waals surface area contributed by atoms with Crippen LogP contribution in [0, 0.1) is 5.92 Å². The van der Waals surface area contributed by atoms with Gasteiger partial charge in [0.2, 0.25) is 0 Å². The number of halogens is 1. The molecule has 1 aromatic carbocycles. The lowest BCUT2D eigenvalue weighted by Gasteiger charge is -2.11. The highest BCUT2D eigenvalue weighted by Gasteiger charge is 2.31. The summed E-state index contributed by atoms with van der Waals surface area (Å²) in [4.78, 5) is 24.1. The van der Waals surface area contributed by atoms with Crippen molar-refractivity contribution in [3.8, 4) is 0 Å². The summed E-state index contributed by atoms with van der Waals surface area (Å²) < 4.78 is 4.73. The molecule has 106 valence electrons. The second-order valence-electron chi connectivity index (χ2n) is 4.91. The van der Waals surface area contributed by atoms with Gasteiger partial charge in [0, 0.05) is 5.02 Å². The van der Waals surface area contributed by atoms with E-state index >= 15 is 0 Å². The first-order valence-electron chi connectivity index (χ1n) is 6.70. The number of methoxy groups -OCH3 is 1. The molecule has 1 fully saturated rings. The molecule has 0 unspecified atom stereocenters. The van der Waals surface area contributed by atoms with Crippen LogP contribution < -0.4 is 0 Å². The molecule has 0 heterocycles. The van der Waals surface area contributed by atoms with Gasteiger partial charge in [-0.25, -0.2) is 0 Å². The van der Waals surface area contributed by atoms with Crippen molar-refractivity contribution in [2.24, 2.45) is 5.92 Å². The van der Waals surface area contributed by atoms with Crippen molar-refractivity contribution in [3.05, 3.63) is 40.4 Å².